The molecule has 96 valence electrons. The van der Waals surface area contributed by atoms with Crippen LogP contribution in [0.5, 0.6) is 0 Å². The number of hydrogen-bond donors (Lipinski definition) is 2. The number of aliphatic hydroxyl groups is 1. The van der Waals surface area contributed by atoms with E-state index < -0.39 is 0 Å². The van der Waals surface area contributed by atoms with Gasteiger partial charge in [0.15, 0.2) is 0 Å². The third-order valence-corrected chi connectivity index (χ3v) is 3.23. The first-order valence-corrected chi connectivity index (χ1v) is 6.40. The Morgan fingerprint density at radius 3 is 2.62 bits per heavy atom. The summed E-state index contributed by atoms with van der Waals surface area (Å²) in [4.78, 5) is 2.47. The first-order valence-electron chi connectivity index (χ1n) is 6.40. The monoisotopic (exact) mass is 230 g/mol. The molecule has 0 aromatic carbocycles. The predicted molar refractivity (Wildman–Crippen MR) is 65.6 cm³/mol. The summed E-state index contributed by atoms with van der Waals surface area (Å²) < 4.78 is 5.34. The Bertz CT molecular complexity index is 172. The molecule has 1 rings (SSSR count). The highest BCUT2D eigenvalue weighted by atomic mass is 16.5. The van der Waals surface area contributed by atoms with Gasteiger partial charge in [0, 0.05) is 38.3 Å². The molecule has 1 aliphatic heterocycles. The quantitative estimate of drug-likeness (QED) is 0.667. The van der Waals surface area contributed by atoms with E-state index >= 15 is 0 Å². The standard InChI is InChI=1S/C12H26N2O2/c1-11(4-3-7-15)13-10-12(2)14-5-8-16-9-6-14/h11-13,15H,3-10H2,1-2H3. The molecule has 2 unspecified atom stereocenters. The highest BCUT2D eigenvalue weighted by molar-refractivity contribution is 4.73. The Kier molecular flexibility index (Phi) is 6.96. The third-order valence-electron chi connectivity index (χ3n) is 3.23. The Morgan fingerprint density at radius 1 is 1.31 bits per heavy atom. The normalized spacial score (nSPS) is 21.9. The summed E-state index contributed by atoms with van der Waals surface area (Å²) in [5.41, 5.74) is 0. The Labute approximate surface area is 99.0 Å². The van der Waals surface area contributed by atoms with Crippen LogP contribution < -0.4 is 5.32 Å². The molecule has 2 atom stereocenters. The first kappa shape index (κ1) is 13.9. The van der Waals surface area contributed by atoms with E-state index in [-0.39, 0.29) is 0 Å². The van der Waals surface area contributed by atoms with Crippen LogP contribution in [-0.2, 0) is 4.74 Å². The molecule has 1 heterocycles. The molecule has 0 aromatic rings. The van der Waals surface area contributed by atoms with Gasteiger partial charge in [-0.1, -0.05) is 0 Å². The van der Waals surface area contributed by atoms with Crippen LogP contribution in [0.15, 0.2) is 0 Å². The maximum absolute atomic E-state index is 8.75. The van der Waals surface area contributed by atoms with Crippen molar-refractivity contribution in [2.45, 2.75) is 38.8 Å². The lowest BCUT2D eigenvalue weighted by atomic mass is 10.1. The van der Waals surface area contributed by atoms with Crippen molar-refractivity contribution in [3.8, 4) is 0 Å². The number of rotatable bonds is 7. The zero-order valence-corrected chi connectivity index (χ0v) is 10.6. The maximum Gasteiger partial charge on any atom is 0.0594 e. The third kappa shape index (κ3) is 5.25. The molecular weight excluding hydrogens is 204 g/mol. The SMILES string of the molecule is CC(CCCO)NCC(C)N1CCOCC1. The average Bonchev–Trinajstić information content (AvgIpc) is 2.34. The molecule has 0 amide bonds. The molecule has 2 N–H and O–H groups in total. The van der Waals surface area contributed by atoms with Gasteiger partial charge in [-0.25, -0.2) is 0 Å². The van der Waals surface area contributed by atoms with Crippen LogP contribution in [0, 0.1) is 0 Å². The van der Waals surface area contributed by atoms with Crippen LogP contribution in [0.4, 0.5) is 0 Å². The van der Waals surface area contributed by atoms with Crippen LogP contribution in [0.1, 0.15) is 26.7 Å². The van der Waals surface area contributed by atoms with E-state index in [0.717, 1.165) is 45.7 Å². The number of nitrogens with one attached hydrogen (secondary N) is 1. The number of aliphatic hydroxyl groups excluding tert-OH is 1. The van der Waals surface area contributed by atoms with Gasteiger partial charge in [0.1, 0.15) is 0 Å². The van der Waals surface area contributed by atoms with E-state index in [1.165, 1.54) is 0 Å². The summed E-state index contributed by atoms with van der Waals surface area (Å²) >= 11 is 0. The zero-order chi connectivity index (χ0) is 11.8. The summed E-state index contributed by atoms with van der Waals surface area (Å²) in [6.45, 7) is 9.59. The van der Waals surface area contributed by atoms with Gasteiger partial charge in [0.05, 0.1) is 13.2 Å². The van der Waals surface area contributed by atoms with Crippen molar-refractivity contribution in [1.29, 1.82) is 0 Å². The fourth-order valence-electron chi connectivity index (χ4n) is 2.02. The Morgan fingerprint density at radius 2 is 2.00 bits per heavy atom. The minimum absolute atomic E-state index is 0.297. The van der Waals surface area contributed by atoms with Crippen molar-refractivity contribution < 1.29 is 9.84 Å². The highest BCUT2D eigenvalue weighted by Crippen LogP contribution is 2.03. The van der Waals surface area contributed by atoms with Gasteiger partial charge < -0.3 is 15.2 Å². The molecule has 16 heavy (non-hydrogen) atoms. The van der Waals surface area contributed by atoms with Gasteiger partial charge in [-0.15, -0.1) is 0 Å². The lowest BCUT2D eigenvalue weighted by Gasteiger charge is -2.33. The number of nitrogens with zero attached hydrogens (tertiary/aromatic N) is 1. The molecule has 0 aliphatic carbocycles. The van der Waals surface area contributed by atoms with Crippen molar-refractivity contribution in [1.82, 2.24) is 10.2 Å². The minimum Gasteiger partial charge on any atom is -0.396 e. The summed E-state index contributed by atoms with van der Waals surface area (Å²) in [6, 6.07) is 1.07. The smallest absolute Gasteiger partial charge is 0.0594 e. The van der Waals surface area contributed by atoms with Crippen LogP contribution in [0.2, 0.25) is 0 Å². The second-order valence-electron chi connectivity index (χ2n) is 4.67. The van der Waals surface area contributed by atoms with Gasteiger partial charge in [0.25, 0.3) is 0 Å². The average molecular weight is 230 g/mol. The van der Waals surface area contributed by atoms with E-state index in [1.807, 2.05) is 0 Å². The Hall–Kier alpha value is -0.160. The first-order chi connectivity index (χ1) is 7.74. The van der Waals surface area contributed by atoms with Crippen LogP contribution in [-0.4, -0.2) is 61.5 Å². The van der Waals surface area contributed by atoms with E-state index in [4.69, 9.17) is 9.84 Å². The Balaban J connectivity index is 2.10. The lowest BCUT2D eigenvalue weighted by molar-refractivity contribution is 0.0199. The fourth-order valence-corrected chi connectivity index (χ4v) is 2.02. The van der Waals surface area contributed by atoms with E-state index in [2.05, 4.69) is 24.1 Å². The molecule has 0 spiro atoms. The van der Waals surface area contributed by atoms with E-state index in [1.54, 1.807) is 0 Å². The van der Waals surface area contributed by atoms with Crippen LogP contribution in [0.25, 0.3) is 0 Å². The van der Waals surface area contributed by atoms with Crippen molar-refractivity contribution in [2.24, 2.45) is 0 Å². The zero-order valence-electron chi connectivity index (χ0n) is 10.6. The van der Waals surface area contributed by atoms with E-state index in [0.29, 0.717) is 18.7 Å². The molecule has 4 heteroatoms. The fraction of sp³-hybridized carbons (Fsp3) is 1.00. The molecular formula is C12H26N2O2. The van der Waals surface area contributed by atoms with Crippen LogP contribution in [0.3, 0.4) is 0 Å². The van der Waals surface area contributed by atoms with Crippen molar-refractivity contribution in [3.63, 3.8) is 0 Å². The molecule has 4 nitrogen and oxygen atoms in total. The minimum atomic E-state index is 0.297. The van der Waals surface area contributed by atoms with Gasteiger partial charge in [-0.2, -0.15) is 0 Å². The molecule has 0 saturated carbocycles. The summed E-state index contributed by atoms with van der Waals surface area (Å²) in [5.74, 6) is 0. The number of morpholine rings is 1. The summed E-state index contributed by atoms with van der Waals surface area (Å²) in [7, 11) is 0. The molecule has 0 bridgehead atoms. The second-order valence-corrected chi connectivity index (χ2v) is 4.67. The van der Waals surface area contributed by atoms with Crippen molar-refractivity contribution >= 4 is 0 Å². The maximum atomic E-state index is 8.75. The lowest BCUT2D eigenvalue weighted by Crippen LogP contribution is -2.47. The summed E-state index contributed by atoms with van der Waals surface area (Å²) in [6.07, 6.45) is 1.94. The van der Waals surface area contributed by atoms with Crippen molar-refractivity contribution in [2.75, 3.05) is 39.5 Å². The largest absolute Gasteiger partial charge is 0.396 e. The van der Waals surface area contributed by atoms with Crippen molar-refractivity contribution in [3.05, 3.63) is 0 Å². The highest BCUT2D eigenvalue weighted by Gasteiger charge is 2.16. The predicted octanol–water partition coefficient (Wildman–Crippen LogP) is 0.458. The topological polar surface area (TPSA) is 44.7 Å². The second kappa shape index (κ2) is 8.01. The van der Waals surface area contributed by atoms with Gasteiger partial charge >= 0.3 is 0 Å². The number of hydrogen-bond acceptors (Lipinski definition) is 4. The van der Waals surface area contributed by atoms with Gasteiger partial charge in [-0.05, 0) is 26.7 Å². The molecule has 0 radical (unpaired) electrons. The molecule has 0 aromatic heterocycles. The van der Waals surface area contributed by atoms with Crippen LogP contribution >= 0.6 is 0 Å². The van der Waals surface area contributed by atoms with Gasteiger partial charge in [0.2, 0.25) is 0 Å². The summed E-state index contributed by atoms with van der Waals surface area (Å²) in [5, 5.41) is 12.3. The molecule has 1 aliphatic rings. The molecule has 1 saturated heterocycles. The van der Waals surface area contributed by atoms with E-state index in [9.17, 15) is 0 Å². The molecule has 1 fully saturated rings. The van der Waals surface area contributed by atoms with Gasteiger partial charge in [-0.3, -0.25) is 4.90 Å². The number of ether oxygens (including phenoxy) is 1.